The van der Waals surface area contributed by atoms with E-state index in [0.29, 0.717) is 22.8 Å². The number of aromatic carboxylic acids is 1. The number of carboxylic acids is 1. The molecule has 0 amide bonds. The van der Waals surface area contributed by atoms with E-state index in [4.69, 9.17) is 9.47 Å². The molecule has 0 atom stereocenters. The number of benzene rings is 1. The summed E-state index contributed by atoms with van der Waals surface area (Å²) in [5.74, 6) is 0.399. The van der Waals surface area contributed by atoms with E-state index in [-0.39, 0.29) is 11.7 Å². The third-order valence-electron chi connectivity index (χ3n) is 4.77. The van der Waals surface area contributed by atoms with Gasteiger partial charge in [-0.25, -0.2) is 9.78 Å². The molecular weight excluding hydrogens is 332 g/mol. The molecule has 1 saturated carbocycles. The molecule has 6 heteroatoms. The van der Waals surface area contributed by atoms with Crippen molar-refractivity contribution in [1.82, 2.24) is 9.38 Å². The van der Waals surface area contributed by atoms with Gasteiger partial charge in [0.25, 0.3) is 0 Å². The van der Waals surface area contributed by atoms with Gasteiger partial charge in [-0.05, 0) is 56.0 Å². The molecule has 0 unspecified atom stereocenters. The van der Waals surface area contributed by atoms with Crippen molar-refractivity contribution in [2.45, 2.75) is 31.8 Å². The lowest BCUT2D eigenvalue weighted by Crippen LogP contribution is -2.11. The minimum Gasteiger partial charge on any atom is -0.493 e. The van der Waals surface area contributed by atoms with Gasteiger partial charge in [-0.1, -0.05) is 0 Å². The maximum atomic E-state index is 11.4. The first-order chi connectivity index (χ1) is 12.7. The monoisotopic (exact) mass is 352 g/mol. The number of nitrogens with zero attached hydrogens (tertiary/aromatic N) is 2. The van der Waals surface area contributed by atoms with Crippen molar-refractivity contribution in [3.8, 4) is 22.8 Å². The quantitative estimate of drug-likeness (QED) is 0.750. The van der Waals surface area contributed by atoms with Crippen molar-refractivity contribution in [2.24, 2.45) is 0 Å². The molecule has 3 aromatic rings. The highest BCUT2D eigenvalue weighted by atomic mass is 16.5. The minimum absolute atomic E-state index is 0.176. The smallest absolute Gasteiger partial charge is 0.339 e. The number of methoxy groups -OCH3 is 1. The van der Waals surface area contributed by atoms with Crippen LogP contribution in [0, 0.1) is 0 Å². The second kappa shape index (κ2) is 6.71. The lowest BCUT2D eigenvalue weighted by molar-refractivity contribution is 0.0698. The van der Waals surface area contributed by atoms with Crippen molar-refractivity contribution in [2.75, 3.05) is 7.11 Å². The van der Waals surface area contributed by atoms with Gasteiger partial charge in [-0.15, -0.1) is 0 Å². The number of ether oxygens (including phenoxy) is 2. The van der Waals surface area contributed by atoms with Gasteiger partial charge in [-0.3, -0.25) is 0 Å². The first-order valence-corrected chi connectivity index (χ1v) is 8.72. The van der Waals surface area contributed by atoms with E-state index >= 15 is 0 Å². The molecule has 2 aromatic heterocycles. The molecule has 0 bridgehead atoms. The summed E-state index contributed by atoms with van der Waals surface area (Å²) in [6.45, 7) is 0. The second-order valence-corrected chi connectivity index (χ2v) is 6.47. The summed E-state index contributed by atoms with van der Waals surface area (Å²) in [7, 11) is 1.63. The van der Waals surface area contributed by atoms with Crippen molar-refractivity contribution >= 4 is 11.6 Å². The number of aromatic nitrogens is 2. The molecule has 1 aromatic carbocycles. The number of carbonyl (C=O) groups is 1. The summed E-state index contributed by atoms with van der Waals surface area (Å²) in [5, 5.41) is 9.34. The highest BCUT2D eigenvalue weighted by Crippen LogP contribution is 2.35. The normalized spacial score (nSPS) is 14.7. The average Bonchev–Trinajstić information content (AvgIpc) is 3.30. The van der Waals surface area contributed by atoms with Gasteiger partial charge in [0.15, 0.2) is 17.1 Å². The zero-order valence-electron chi connectivity index (χ0n) is 14.5. The zero-order chi connectivity index (χ0) is 18.1. The molecule has 0 radical (unpaired) electrons. The molecule has 0 spiro atoms. The van der Waals surface area contributed by atoms with E-state index in [9.17, 15) is 9.90 Å². The largest absolute Gasteiger partial charge is 0.493 e. The Labute approximate surface area is 151 Å². The number of pyridine rings is 1. The van der Waals surface area contributed by atoms with Crippen LogP contribution in [0.5, 0.6) is 11.5 Å². The first-order valence-electron chi connectivity index (χ1n) is 8.72. The van der Waals surface area contributed by atoms with Crippen molar-refractivity contribution in [3.05, 3.63) is 48.3 Å². The second-order valence-electron chi connectivity index (χ2n) is 6.47. The summed E-state index contributed by atoms with van der Waals surface area (Å²) in [6.07, 6.45) is 8.33. The van der Waals surface area contributed by atoms with Gasteiger partial charge in [0.2, 0.25) is 0 Å². The predicted molar refractivity (Wildman–Crippen MR) is 97.0 cm³/mol. The first kappa shape index (κ1) is 16.4. The predicted octanol–water partition coefficient (Wildman–Crippen LogP) is 4.03. The number of hydrogen-bond donors (Lipinski definition) is 1. The van der Waals surface area contributed by atoms with Crippen molar-refractivity contribution in [1.29, 1.82) is 0 Å². The van der Waals surface area contributed by atoms with E-state index < -0.39 is 5.97 Å². The molecule has 0 aliphatic heterocycles. The Bertz CT molecular complexity index is 958. The molecule has 1 aliphatic rings. The maximum absolute atomic E-state index is 11.4. The molecule has 2 heterocycles. The van der Waals surface area contributed by atoms with Crippen LogP contribution in [0.1, 0.15) is 36.0 Å². The van der Waals surface area contributed by atoms with Crippen LogP contribution in [0.15, 0.2) is 42.7 Å². The van der Waals surface area contributed by atoms with Crippen LogP contribution in [0.25, 0.3) is 16.9 Å². The fourth-order valence-electron chi connectivity index (χ4n) is 3.43. The van der Waals surface area contributed by atoms with Crippen LogP contribution in [0.4, 0.5) is 0 Å². The fourth-order valence-corrected chi connectivity index (χ4v) is 3.43. The third-order valence-corrected chi connectivity index (χ3v) is 4.77. The molecule has 1 N–H and O–H groups in total. The molecule has 6 nitrogen and oxygen atoms in total. The Balaban J connectivity index is 1.74. The van der Waals surface area contributed by atoms with Crippen LogP contribution in [-0.2, 0) is 0 Å². The van der Waals surface area contributed by atoms with Crippen LogP contribution in [-0.4, -0.2) is 33.7 Å². The Morgan fingerprint density at radius 1 is 1.23 bits per heavy atom. The third kappa shape index (κ3) is 2.98. The Hall–Kier alpha value is -3.02. The Kier molecular flexibility index (Phi) is 4.24. The van der Waals surface area contributed by atoms with Gasteiger partial charge in [0, 0.05) is 18.0 Å². The van der Waals surface area contributed by atoms with Crippen molar-refractivity contribution < 1.29 is 19.4 Å². The van der Waals surface area contributed by atoms with E-state index in [1.807, 2.05) is 24.4 Å². The number of hydrogen-bond acceptors (Lipinski definition) is 4. The summed E-state index contributed by atoms with van der Waals surface area (Å²) >= 11 is 0. The van der Waals surface area contributed by atoms with E-state index in [1.54, 1.807) is 29.8 Å². The van der Waals surface area contributed by atoms with E-state index in [0.717, 1.165) is 18.4 Å². The molecule has 134 valence electrons. The molecular formula is C20H20N2O4. The summed E-state index contributed by atoms with van der Waals surface area (Å²) in [6, 6.07) is 8.94. The summed E-state index contributed by atoms with van der Waals surface area (Å²) < 4.78 is 13.3. The lowest BCUT2D eigenvalue weighted by Gasteiger charge is -2.16. The fraction of sp³-hybridized carbons (Fsp3) is 0.300. The van der Waals surface area contributed by atoms with Gasteiger partial charge in [0.05, 0.1) is 18.9 Å². The molecule has 1 aliphatic carbocycles. The highest BCUT2D eigenvalue weighted by molar-refractivity contribution is 5.94. The van der Waals surface area contributed by atoms with Crippen LogP contribution >= 0.6 is 0 Å². The van der Waals surface area contributed by atoms with Crippen molar-refractivity contribution in [3.63, 3.8) is 0 Å². The molecule has 4 rings (SSSR count). The summed E-state index contributed by atoms with van der Waals surface area (Å²) in [5.41, 5.74) is 2.15. The molecule has 1 fully saturated rings. The summed E-state index contributed by atoms with van der Waals surface area (Å²) in [4.78, 5) is 15.9. The average molecular weight is 352 g/mol. The van der Waals surface area contributed by atoms with E-state index in [2.05, 4.69) is 4.98 Å². The van der Waals surface area contributed by atoms with Crippen LogP contribution < -0.4 is 9.47 Å². The van der Waals surface area contributed by atoms with Gasteiger partial charge in [0.1, 0.15) is 5.56 Å². The van der Waals surface area contributed by atoms with Gasteiger partial charge in [-0.2, -0.15) is 0 Å². The van der Waals surface area contributed by atoms with Crippen LogP contribution in [0.2, 0.25) is 0 Å². The number of imidazole rings is 1. The number of rotatable bonds is 5. The van der Waals surface area contributed by atoms with Crippen LogP contribution in [0.3, 0.4) is 0 Å². The standard InChI is InChI=1S/C20H20N2O4/c1-25-17-9-8-13(11-18(17)26-14-5-2-3-6-14)16-12-22-10-4-7-15(20(23)24)19(22)21-16/h4,7-12,14H,2-3,5-6H2,1H3,(H,23,24). The number of fused-ring (bicyclic) bond motifs is 1. The Morgan fingerprint density at radius 2 is 2.04 bits per heavy atom. The molecule has 0 saturated heterocycles. The van der Waals surface area contributed by atoms with E-state index in [1.165, 1.54) is 12.8 Å². The lowest BCUT2D eigenvalue weighted by atomic mass is 10.1. The zero-order valence-corrected chi connectivity index (χ0v) is 14.5. The highest BCUT2D eigenvalue weighted by Gasteiger charge is 2.19. The topological polar surface area (TPSA) is 73.1 Å². The Morgan fingerprint density at radius 3 is 2.77 bits per heavy atom. The van der Waals surface area contributed by atoms with Gasteiger partial charge < -0.3 is 19.0 Å². The minimum atomic E-state index is -0.993. The maximum Gasteiger partial charge on any atom is 0.339 e. The van der Waals surface area contributed by atoms with Gasteiger partial charge >= 0.3 is 5.97 Å². The molecule has 26 heavy (non-hydrogen) atoms. The number of carboxylic acid groups (broad SMARTS) is 1. The SMILES string of the molecule is COc1ccc(-c2cn3cccc(C(=O)O)c3n2)cc1OC1CCCC1.